The number of rotatable bonds is 1. The van der Waals surface area contributed by atoms with Crippen molar-refractivity contribution in [1.82, 2.24) is 0 Å². The predicted molar refractivity (Wildman–Crippen MR) is 40.1 cm³/mol. The fourth-order valence-electron chi connectivity index (χ4n) is 0.735. The van der Waals surface area contributed by atoms with Gasteiger partial charge in [0.2, 0.25) is 0 Å². The van der Waals surface area contributed by atoms with Gasteiger partial charge in [-0.15, -0.1) is 0 Å². The van der Waals surface area contributed by atoms with Crippen LogP contribution >= 0.6 is 0 Å². The number of carbonyl (C=O) groups is 1. The zero-order valence-electron chi connectivity index (χ0n) is 6.61. The first kappa shape index (κ1) is 11.7. The van der Waals surface area contributed by atoms with Gasteiger partial charge in [-0.3, -0.25) is 0 Å². The van der Waals surface area contributed by atoms with E-state index in [9.17, 15) is 4.79 Å². The summed E-state index contributed by atoms with van der Waals surface area (Å²) in [5.41, 5.74) is 6.46. The van der Waals surface area contributed by atoms with E-state index in [0.717, 1.165) is 12.1 Å². The Morgan fingerprint density at radius 1 is 1.15 bits per heavy atom. The number of benzene rings is 1. The molecule has 0 heterocycles. The van der Waals surface area contributed by atoms with Gasteiger partial charge < -0.3 is 25.8 Å². The van der Waals surface area contributed by atoms with Crippen LogP contribution in [0.3, 0.4) is 0 Å². The topological polar surface area (TPSA) is 102 Å². The van der Waals surface area contributed by atoms with Crippen LogP contribution < -0.4 is 0 Å². The number of phenols is 3. The Balaban J connectivity index is 0.00000144. The molecule has 13 heavy (non-hydrogen) atoms. The summed E-state index contributed by atoms with van der Waals surface area (Å²) >= 11 is 0. The molecule has 66 valence electrons. The molecule has 0 spiro atoms. The predicted octanol–water partition coefficient (Wildman–Crippen LogP) is 0.993. The van der Waals surface area contributed by atoms with Crippen LogP contribution in [-0.4, -0.2) is 21.2 Å². The number of amides is 1. The van der Waals surface area contributed by atoms with E-state index in [2.05, 4.69) is 0 Å². The van der Waals surface area contributed by atoms with Crippen LogP contribution in [-0.2, 0) is 19.5 Å². The Hall–Kier alpha value is -1.29. The van der Waals surface area contributed by atoms with Crippen LogP contribution in [0.1, 0.15) is 10.4 Å². The zero-order valence-corrected chi connectivity index (χ0v) is 9.58. The summed E-state index contributed by atoms with van der Waals surface area (Å²) in [7, 11) is 0. The molecule has 0 saturated carbocycles. The van der Waals surface area contributed by atoms with E-state index in [4.69, 9.17) is 21.1 Å². The van der Waals surface area contributed by atoms with Gasteiger partial charge in [0.1, 0.15) is 0 Å². The number of aromatic hydroxyl groups is 3. The second-order valence-corrected chi connectivity index (χ2v) is 2.19. The SMILES string of the molecule is [NH-]C(=O)c1cc(O)c(O)c(O)c1.[Zn]. The third-order valence-electron chi connectivity index (χ3n) is 1.33. The molecule has 0 aromatic heterocycles. The average molecular weight is 234 g/mol. The molecular formula is C7H6NO4Zn-. The fraction of sp³-hybridized carbons (Fsp3) is 0. The van der Waals surface area contributed by atoms with E-state index in [1.165, 1.54) is 0 Å². The van der Waals surface area contributed by atoms with Crippen molar-refractivity contribution < 1.29 is 39.6 Å². The first-order chi connectivity index (χ1) is 5.52. The molecule has 4 N–H and O–H groups in total. The Kier molecular flexibility index (Phi) is 3.69. The molecule has 1 aromatic rings. The van der Waals surface area contributed by atoms with Crippen LogP contribution in [0, 0.1) is 0 Å². The van der Waals surface area contributed by atoms with Crippen LogP contribution in [0.4, 0.5) is 0 Å². The summed E-state index contributed by atoms with van der Waals surface area (Å²) < 4.78 is 0. The van der Waals surface area contributed by atoms with Crippen molar-refractivity contribution in [1.29, 1.82) is 0 Å². The van der Waals surface area contributed by atoms with Gasteiger partial charge in [-0.2, -0.15) is 0 Å². The van der Waals surface area contributed by atoms with Gasteiger partial charge in [0.15, 0.2) is 17.2 Å². The van der Waals surface area contributed by atoms with Gasteiger partial charge in [0.05, 0.1) is 5.91 Å². The quantitative estimate of drug-likeness (QED) is 0.497. The van der Waals surface area contributed by atoms with E-state index in [1.54, 1.807) is 0 Å². The van der Waals surface area contributed by atoms with Crippen molar-refractivity contribution in [3.05, 3.63) is 23.4 Å². The third kappa shape index (κ3) is 2.32. The molecule has 6 heteroatoms. The summed E-state index contributed by atoms with van der Waals surface area (Å²) in [4.78, 5) is 10.4. The summed E-state index contributed by atoms with van der Waals surface area (Å²) in [5, 5.41) is 26.6. The first-order valence-electron chi connectivity index (χ1n) is 3.03. The number of hydrogen-bond donors (Lipinski definition) is 3. The molecule has 0 bridgehead atoms. The molecule has 1 amide bonds. The molecule has 1 aromatic carbocycles. The monoisotopic (exact) mass is 232 g/mol. The Morgan fingerprint density at radius 2 is 1.54 bits per heavy atom. The minimum absolute atomic E-state index is 0. The molecule has 0 aliphatic carbocycles. The van der Waals surface area contributed by atoms with Crippen LogP contribution in [0.5, 0.6) is 17.2 Å². The van der Waals surface area contributed by atoms with Crippen molar-refractivity contribution in [2.24, 2.45) is 0 Å². The summed E-state index contributed by atoms with van der Waals surface area (Å²) in [5.74, 6) is -2.98. The number of nitrogens with one attached hydrogen (secondary N) is 1. The maximum atomic E-state index is 10.4. The zero-order chi connectivity index (χ0) is 9.30. The van der Waals surface area contributed by atoms with Gasteiger partial charge in [0, 0.05) is 25.0 Å². The summed E-state index contributed by atoms with van der Waals surface area (Å²) in [6.45, 7) is 0. The van der Waals surface area contributed by atoms with Crippen molar-refractivity contribution >= 4 is 5.91 Å². The maximum absolute atomic E-state index is 10.4. The molecule has 1 rings (SSSR count). The molecule has 0 aliphatic rings. The smallest absolute Gasteiger partial charge is 0.200 e. The largest absolute Gasteiger partial charge is 0.664 e. The average Bonchev–Trinajstić information content (AvgIpc) is 1.99. The minimum atomic E-state index is -1.04. The Bertz CT molecular complexity index is 316. The number of carbonyl (C=O) groups excluding carboxylic acids is 1. The van der Waals surface area contributed by atoms with Gasteiger partial charge in [-0.05, 0) is 12.1 Å². The first-order valence-corrected chi connectivity index (χ1v) is 3.03. The second-order valence-electron chi connectivity index (χ2n) is 2.19. The van der Waals surface area contributed by atoms with E-state index in [-0.39, 0.29) is 25.0 Å². The fourth-order valence-corrected chi connectivity index (χ4v) is 0.735. The Labute approximate surface area is 86.6 Å². The van der Waals surface area contributed by atoms with Crippen molar-refractivity contribution in [3.63, 3.8) is 0 Å². The van der Waals surface area contributed by atoms with Gasteiger partial charge in [0.25, 0.3) is 0 Å². The van der Waals surface area contributed by atoms with E-state index in [1.807, 2.05) is 0 Å². The van der Waals surface area contributed by atoms with Crippen LogP contribution in [0.25, 0.3) is 5.73 Å². The van der Waals surface area contributed by atoms with E-state index in [0.29, 0.717) is 0 Å². The van der Waals surface area contributed by atoms with E-state index < -0.39 is 23.2 Å². The van der Waals surface area contributed by atoms with Gasteiger partial charge in [-0.25, -0.2) is 0 Å². The molecule has 0 saturated heterocycles. The van der Waals surface area contributed by atoms with Crippen LogP contribution in [0.2, 0.25) is 0 Å². The van der Waals surface area contributed by atoms with Crippen molar-refractivity contribution in [2.75, 3.05) is 0 Å². The molecule has 5 nitrogen and oxygen atoms in total. The molecule has 0 aliphatic heterocycles. The van der Waals surface area contributed by atoms with Crippen molar-refractivity contribution in [2.45, 2.75) is 0 Å². The normalized spacial score (nSPS) is 8.92. The number of phenolic OH excluding ortho intramolecular Hbond substituents is 3. The summed E-state index contributed by atoms with van der Waals surface area (Å²) in [6.07, 6.45) is 0. The summed E-state index contributed by atoms with van der Waals surface area (Å²) in [6, 6.07) is 1.81. The van der Waals surface area contributed by atoms with Crippen LogP contribution in [0.15, 0.2) is 12.1 Å². The standard InChI is InChI=1S/C7H7NO4.Zn/c8-7(12)3-1-4(9)6(11)5(10)2-3;/h1-2H,(H5,8,9,10,11,12);/p-1. The molecule has 0 unspecified atom stereocenters. The second kappa shape index (κ2) is 4.09. The molecule has 0 atom stereocenters. The maximum Gasteiger partial charge on any atom is 0.200 e. The molecule has 0 fully saturated rings. The Morgan fingerprint density at radius 3 is 1.85 bits per heavy atom. The molecule has 0 radical (unpaired) electrons. The third-order valence-corrected chi connectivity index (χ3v) is 1.33. The molecular weight excluding hydrogens is 227 g/mol. The minimum Gasteiger partial charge on any atom is -0.664 e. The van der Waals surface area contributed by atoms with E-state index >= 15 is 0 Å². The van der Waals surface area contributed by atoms with Gasteiger partial charge in [-0.1, -0.05) is 0 Å². The van der Waals surface area contributed by atoms with Gasteiger partial charge >= 0.3 is 0 Å². The van der Waals surface area contributed by atoms with Crippen molar-refractivity contribution in [3.8, 4) is 17.2 Å². The number of hydrogen-bond acceptors (Lipinski definition) is 4.